The molecule has 1 aliphatic heterocycles. The number of piperazine rings is 1. The van der Waals surface area contributed by atoms with Crippen LogP contribution < -0.4 is 10.1 Å². The smallest absolute Gasteiger partial charge is 0.244 e. The van der Waals surface area contributed by atoms with Crippen LogP contribution in [0.2, 0.25) is 0 Å². The lowest BCUT2D eigenvalue weighted by Crippen LogP contribution is -2.52. The Balaban J connectivity index is 1.73. The highest BCUT2D eigenvalue weighted by Gasteiger charge is 2.39. The summed E-state index contributed by atoms with van der Waals surface area (Å²) < 4.78 is 33.2. The van der Waals surface area contributed by atoms with E-state index in [0.29, 0.717) is 17.9 Å². The summed E-state index contributed by atoms with van der Waals surface area (Å²) in [5.74, 6) is 0.346. The Kier molecular flexibility index (Phi) is 4.65. The molecule has 142 valence electrons. The zero-order valence-corrected chi connectivity index (χ0v) is 16.0. The molecular formula is C20H22N2O4S. The van der Waals surface area contributed by atoms with Crippen LogP contribution in [0.1, 0.15) is 29.2 Å². The van der Waals surface area contributed by atoms with Crippen LogP contribution in [0.4, 0.5) is 0 Å². The van der Waals surface area contributed by atoms with Gasteiger partial charge in [-0.2, -0.15) is 4.31 Å². The van der Waals surface area contributed by atoms with Gasteiger partial charge in [-0.3, -0.25) is 4.79 Å². The van der Waals surface area contributed by atoms with Gasteiger partial charge >= 0.3 is 0 Å². The van der Waals surface area contributed by atoms with Crippen LogP contribution in [0, 0.1) is 0 Å². The predicted octanol–water partition coefficient (Wildman–Crippen LogP) is 2.05. The summed E-state index contributed by atoms with van der Waals surface area (Å²) in [5.41, 5.74) is 2.94. The van der Waals surface area contributed by atoms with Gasteiger partial charge in [-0.1, -0.05) is 18.2 Å². The molecule has 1 atom stereocenters. The van der Waals surface area contributed by atoms with E-state index in [2.05, 4.69) is 5.32 Å². The molecule has 0 saturated carbocycles. The minimum Gasteiger partial charge on any atom is -0.497 e. The molecule has 2 aliphatic rings. The van der Waals surface area contributed by atoms with E-state index in [4.69, 9.17) is 4.74 Å². The normalized spacial score (nSPS) is 20.2. The number of methoxy groups -OCH3 is 1. The summed E-state index contributed by atoms with van der Waals surface area (Å²) in [4.78, 5) is 12.8. The standard InChI is InChI=1S/C20H22N2O4S/c1-26-17-8-5-15(6-9-17)19-20(23)21-11-12-22(19)27(24,25)18-10-7-14-3-2-4-16(14)13-18/h5-10,13,19H,2-4,11-12H2,1H3,(H,21,23). The van der Waals surface area contributed by atoms with Crippen LogP contribution in [0.3, 0.4) is 0 Å². The minimum atomic E-state index is -3.79. The van der Waals surface area contributed by atoms with Crippen molar-refractivity contribution >= 4 is 15.9 Å². The second-order valence-corrected chi connectivity index (χ2v) is 8.76. The van der Waals surface area contributed by atoms with Gasteiger partial charge in [-0.15, -0.1) is 0 Å². The lowest BCUT2D eigenvalue weighted by atomic mass is 10.0. The summed E-state index contributed by atoms with van der Waals surface area (Å²) in [6.45, 7) is 0.539. The van der Waals surface area contributed by atoms with E-state index in [9.17, 15) is 13.2 Å². The van der Waals surface area contributed by atoms with Crippen molar-refractivity contribution in [3.05, 3.63) is 59.2 Å². The summed E-state index contributed by atoms with van der Waals surface area (Å²) >= 11 is 0. The van der Waals surface area contributed by atoms with E-state index in [1.54, 1.807) is 43.5 Å². The number of hydrogen-bond acceptors (Lipinski definition) is 4. The quantitative estimate of drug-likeness (QED) is 0.873. The molecule has 1 aliphatic carbocycles. The lowest BCUT2D eigenvalue weighted by Gasteiger charge is -2.34. The van der Waals surface area contributed by atoms with Crippen LogP contribution in [-0.2, 0) is 27.7 Å². The Labute approximate surface area is 159 Å². The molecule has 2 aromatic rings. The molecule has 1 heterocycles. The topological polar surface area (TPSA) is 75.7 Å². The number of rotatable bonds is 4. The number of fused-ring (bicyclic) bond motifs is 1. The van der Waals surface area contributed by atoms with Crippen molar-refractivity contribution in [2.75, 3.05) is 20.2 Å². The second-order valence-electron chi connectivity index (χ2n) is 6.87. The zero-order chi connectivity index (χ0) is 19.0. The molecular weight excluding hydrogens is 364 g/mol. The van der Waals surface area contributed by atoms with Gasteiger partial charge in [0.25, 0.3) is 0 Å². The monoisotopic (exact) mass is 386 g/mol. The Morgan fingerprint density at radius 3 is 2.56 bits per heavy atom. The number of nitrogens with one attached hydrogen (secondary N) is 1. The van der Waals surface area contributed by atoms with Crippen molar-refractivity contribution < 1.29 is 17.9 Å². The van der Waals surface area contributed by atoms with Crippen molar-refractivity contribution in [3.63, 3.8) is 0 Å². The highest BCUT2D eigenvalue weighted by atomic mass is 32.2. The van der Waals surface area contributed by atoms with Crippen molar-refractivity contribution in [2.24, 2.45) is 0 Å². The Morgan fingerprint density at radius 1 is 1.07 bits per heavy atom. The second kappa shape index (κ2) is 6.98. The maximum Gasteiger partial charge on any atom is 0.244 e. The maximum absolute atomic E-state index is 13.4. The minimum absolute atomic E-state index is 0.238. The summed E-state index contributed by atoms with van der Waals surface area (Å²) in [6.07, 6.45) is 2.96. The molecule has 0 radical (unpaired) electrons. The van der Waals surface area contributed by atoms with Gasteiger partial charge in [0.1, 0.15) is 11.8 Å². The Morgan fingerprint density at radius 2 is 1.81 bits per heavy atom. The molecule has 1 unspecified atom stereocenters. The molecule has 7 heteroatoms. The van der Waals surface area contributed by atoms with E-state index < -0.39 is 16.1 Å². The molecule has 2 aromatic carbocycles. The number of sulfonamides is 1. The third-order valence-corrected chi connectivity index (χ3v) is 7.14. The first kappa shape index (κ1) is 18.0. The first-order valence-electron chi connectivity index (χ1n) is 9.06. The third-order valence-electron chi connectivity index (χ3n) is 5.28. The van der Waals surface area contributed by atoms with Crippen LogP contribution in [0.15, 0.2) is 47.4 Å². The first-order chi connectivity index (χ1) is 13.0. The van der Waals surface area contributed by atoms with E-state index >= 15 is 0 Å². The number of ether oxygens (including phenoxy) is 1. The molecule has 1 amide bonds. The molecule has 27 heavy (non-hydrogen) atoms. The number of hydrogen-bond donors (Lipinski definition) is 1. The fraction of sp³-hybridized carbons (Fsp3) is 0.350. The van der Waals surface area contributed by atoms with E-state index in [0.717, 1.165) is 24.8 Å². The highest BCUT2D eigenvalue weighted by Crippen LogP contribution is 2.32. The summed E-state index contributed by atoms with van der Waals surface area (Å²) in [7, 11) is -2.23. The molecule has 1 N–H and O–H groups in total. The first-order valence-corrected chi connectivity index (χ1v) is 10.5. The van der Waals surface area contributed by atoms with Gasteiger partial charge in [0.2, 0.25) is 15.9 Å². The molecule has 0 bridgehead atoms. The van der Waals surface area contributed by atoms with E-state index in [1.807, 2.05) is 6.07 Å². The van der Waals surface area contributed by atoms with Crippen LogP contribution in [0.25, 0.3) is 0 Å². The van der Waals surface area contributed by atoms with Crippen LogP contribution >= 0.6 is 0 Å². The summed E-state index contributed by atoms with van der Waals surface area (Å²) in [5, 5.41) is 2.78. The van der Waals surface area contributed by atoms with E-state index in [1.165, 1.54) is 9.87 Å². The zero-order valence-electron chi connectivity index (χ0n) is 15.1. The number of carbonyl (C=O) groups is 1. The van der Waals surface area contributed by atoms with Gasteiger partial charge in [-0.25, -0.2) is 8.42 Å². The fourth-order valence-corrected chi connectivity index (χ4v) is 5.48. The Hall–Kier alpha value is -2.38. The van der Waals surface area contributed by atoms with Crippen molar-refractivity contribution in [3.8, 4) is 5.75 Å². The Bertz CT molecular complexity index is 970. The average molecular weight is 386 g/mol. The summed E-state index contributed by atoms with van der Waals surface area (Å²) in [6, 6.07) is 11.4. The molecule has 4 rings (SSSR count). The number of amides is 1. The highest BCUT2D eigenvalue weighted by molar-refractivity contribution is 7.89. The molecule has 6 nitrogen and oxygen atoms in total. The largest absolute Gasteiger partial charge is 0.497 e. The number of carbonyl (C=O) groups excluding carboxylic acids is 1. The van der Waals surface area contributed by atoms with Crippen molar-refractivity contribution in [1.29, 1.82) is 0 Å². The van der Waals surface area contributed by atoms with Crippen molar-refractivity contribution in [2.45, 2.75) is 30.2 Å². The molecule has 0 aromatic heterocycles. The van der Waals surface area contributed by atoms with Crippen LogP contribution in [0.5, 0.6) is 5.75 Å². The van der Waals surface area contributed by atoms with Gasteiger partial charge in [0, 0.05) is 13.1 Å². The van der Waals surface area contributed by atoms with Crippen molar-refractivity contribution in [1.82, 2.24) is 9.62 Å². The lowest BCUT2D eigenvalue weighted by molar-refractivity contribution is -0.126. The van der Waals surface area contributed by atoms with Crippen LogP contribution in [-0.4, -0.2) is 38.8 Å². The van der Waals surface area contributed by atoms with Gasteiger partial charge in [0.15, 0.2) is 0 Å². The predicted molar refractivity (Wildman–Crippen MR) is 101 cm³/mol. The third kappa shape index (κ3) is 3.21. The SMILES string of the molecule is COc1ccc(C2C(=O)NCCN2S(=O)(=O)c2ccc3c(c2)CCC3)cc1. The average Bonchev–Trinajstić information content (AvgIpc) is 3.16. The molecule has 0 spiro atoms. The number of benzene rings is 2. The van der Waals surface area contributed by atoms with Gasteiger partial charge < -0.3 is 10.1 Å². The van der Waals surface area contributed by atoms with E-state index in [-0.39, 0.29) is 17.3 Å². The van der Waals surface area contributed by atoms with Gasteiger partial charge in [0.05, 0.1) is 12.0 Å². The number of nitrogens with zero attached hydrogens (tertiary/aromatic N) is 1. The van der Waals surface area contributed by atoms with Gasteiger partial charge in [-0.05, 0) is 60.2 Å². The fourth-order valence-electron chi connectivity index (χ4n) is 3.85. The molecule has 1 fully saturated rings. The number of aryl methyl sites for hydroxylation is 2. The maximum atomic E-state index is 13.4. The molecule has 1 saturated heterocycles.